The predicted molar refractivity (Wildman–Crippen MR) is 147 cm³/mol. The summed E-state index contributed by atoms with van der Waals surface area (Å²) in [5.74, 6) is -2.51. The number of nitrogens with one attached hydrogen (secondary N) is 2. The molecule has 1 aromatic rings. The van der Waals surface area contributed by atoms with Gasteiger partial charge in [-0.3, -0.25) is 19.9 Å². The first-order chi connectivity index (χ1) is 18.1. The number of hydrogen-bond acceptors (Lipinski definition) is 13. The first-order valence-corrected chi connectivity index (χ1v) is 13.8. The van der Waals surface area contributed by atoms with Gasteiger partial charge in [-0.05, 0) is 13.8 Å². The van der Waals surface area contributed by atoms with Crippen molar-refractivity contribution in [1.82, 2.24) is 20.1 Å². The number of likely N-dealkylation sites (N-methyl/N-ethyl adjacent to an activating group) is 1. The third kappa shape index (κ3) is 4.55. The van der Waals surface area contributed by atoms with Gasteiger partial charge in [0.15, 0.2) is 16.4 Å². The molecule has 0 bridgehead atoms. The van der Waals surface area contributed by atoms with Crippen molar-refractivity contribution >= 4 is 81.0 Å². The zero-order valence-electron chi connectivity index (χ0n) is 20.3. The van der Waals surface area contributed by atoms with Crippen LogP contribution in [0.3, 0.4) is 0 Å². The van der Waals surface area contributed by atoms with Crippen LogP contribution < -0.4 is 16.8 Å². The second-order valence-corrected chi connectivity index (χ2v) is 10.5. The molecule has 3 aliphatic heterocycles. The number of aromatic nitrogens is 1. The van der Waals surface area contributed by atoms with Crippen molar-refractivity contribution < 1.29 is 24.3 Å². The number of oxime groups is 1. The van der Waals surface area contributed by atoms with E-state index in [1.807, 2.05) is 6.92 Å². The fourth-order valence-corrected chi connectivity index (χ4v) is 6.66. The Kier molecular flexibility index (Phi) is 7.82. The molecule has 0 radical (unpaired) electrons. The van der Waals surface area contributed by atoms with Gasteiger partial charge >= 0.3 is 5.97 Å². The number of thiocarbonyl (C=S) groups is 1. The highest BCUT2D eigenvalue weighted by Crippen LogP contribution is 2.46. The van der Waals surface area contributed by atoms with Crippen LogP contribution >= 0.6 is 35.3 Å². The summed E-state index contributed by atoms with van der Waals surface area (Å²) in [6.45, 7) is 4.12. The Morgan fingerprint density at radius 3 is 2.79 bits per heavy atom. The number of thioether (sulfide) groups is 1. The second kappa shape index (κ2) is 10.8. The molecule has 14 nitrogen and oxygen atoms in total. The van der Waals surface area contributed by atoms with E-state index in [4.69, 9.17) is 33.9 Å². The Bertz CT molecular complexity index is 1310. The average molecular weight is 580 g/mol. The molecule has 0 spiro atoms. The van der Waals surface area contributed by atoms with Crippen molar-refractivity contribution in [3.8, 4) is 0 Å². The van der Waals surface area contributed by atoms with Gasteiger partial charge in [0.05, 0.1) is 6.17 Å². The number of anilines is 1. The molecule has 3 atom stereocenters. The number of β-lactam (4-membered cyclic amide) rings is 1. The van der Waals surface area contributed by atoms with Crippen LogP contribution in [0.2, 0.25) is 0 Å². The summed E-state index contributed by atoms with van der Waals surface area (Å²) in [6, 6.07) is 0. The molecule has 38 heavy (non-hydrogen) atoms. The van der Waals surface area contributed by atoms with Crippen molar-refractivity contribution in [3.05, 3.63) is 22.3 Å². The first-order valence-electron chi connectivity index (χ1n) is 11.4. The van der Waals surface area contributed by atoms with Crippen LogP contribution in [0.1, 0.15) is 26.0 Å². The van der Waals surface area contributed by atoms with E-state index >= 15 is 0 Å². The molecule has 0 aliphatic carbocycles. The maximum absolute atomic E-state index is 13.6. The van der Waals surface area contributed by atoms with Crippen LogP contribution in [0.4, 0.5) is 5.13 Å². The number of nitrogens with two attached hydrogens (primary N) is 2. The van der Waals surface area contributed by atoms with E-state index in [0.29, 0.717) is 6.54 Å². The number of carbonyl (C=O) groups excluding carboxylic acids is 2. The van der Waals surface area contributed by atoms with Crippen molar-refractivity contribution in [3.63, 3.8) is 0 Å². The van der Waals surface area contributed by atoms with Crippen molar-refractivity contribution in [2.75, 3.05) is 24.6 Å². The summed E-state index contributed by atoms with van der Waals surface area (Å²) in [5.41, 5.74) is 10.1. The van der Waals surface area contributed by atoms with E-state index in [0.717, 1.165) is 21.6 Å². The third-order valence-corrected chi connectivity index (χ3v) is 8.41. The molecule has 3 aliphatic rings. The van der Waals surface area contributed by atoms with Crippen molar-refractivity contribution in [2.45, 2.75) is 37.3 Å². The van der Waals surface area contributed by atoms with Gasteiger partial charge in [0.2, 0.25) is 0 Å². The molecule has 4 heterocycles. The SMILES string of the molecule is CCON=C(C(=O)NC1(C=S)C(=O)N2C(C(=O)O)=C(C3=NC(=N)CC(N)N3CC)CS[C@H]21)c1csc(N)n1. The number of amides is 2. The Morgan fingerprint density at radius 2 is 2.21 bits per heavy atom. The number of nitrogen functional groups attached to an aromatic ring is 1. The molecule has 1 fully saturated rings. The lowest BCUT2D eigenvalue weighted by Gasteiger charge is -2.55. The number of fused-ring (bicyclic) bond motifs is 1. The van der Waals surface area contributed by atoms with Crippen LogP contribution in [-0.2, 0) is 19.2 Å². The maximum Gasteiger partial charge on any atom is 0.353 e. The number of carboxylic acid groups (broad SMARTS) is 1. The lowest BCUT2D eigenvalue weighted by Crippen LogP contribution is -2.81. The number of aliphatic imine (C=N–C) groups is 1. The lowest BCUT2D eigenvalue weighted by atomic mass is 9.87. The molecule has 17 heteroatoms. The summed E-state index contributed by atoms with van der Waals surface area (Å²) < 4.78 is 0. The minimum Gasteiger partial charge on any atom is -0.477 e. The standard InChI is InChI=1S/C21H25N9O5S3/c1-3-29-12(23)5-11(22)26-15(29)9-6-37-19-21(8-36,18(34)30(19)14(9)17(32)33)27-16(31)13(28-35-4-2)10-7-38-20(24)25-10/h7-8,12,19,22H,3-6,23H2,1-2H3,(H2,24,25)(H,27,31)(H,32,33)/t12?,19-,21?/m0/s1. The fourth-order valence-electron chi connectivity index (χ4n) is 4.31. The zero-order valence-corrected chi connectivity index (χ0v) is 22.8. The Morgan fingerprint density at radius 1 is 1.47 bits per heavy atom. The van der Waals surface area contributed by atoms with Gasteiger partial charge in [-0.1, -0.05) is 17.4 Å². The van der Waals surface area contributed by atoms with Gasteiger partial charge in [-0.25, -0.2) is 14.8 Å². The monoisotopic (exact) mass is 579 g/mol. The fraction of sp³-hybridized carbons (Fsp3) is 0.429. The van der Waals surface area contributed by atoms with E-state index < -0.39 is 34.9 Å². The molecule has 0 saturated carbocycles. The first kappa shape index (κ1) is 27.6. The van der Waals surface area contributed by atoms with Crippen LogP contribution in [0.25, 0.3) is 0 Å². The molecule has 2 amide bonds. The quantitative estimate of drug-likeness (QED) is 0.113. The topological polar surface area (TPSA) is 213 Å². The molecule has 0 aromatic carbocycles. The van der Waals surface area contributed by atoms with Crippen molar-refractivity contribution in [2.24, 2.45) is 15.9 Å². The van der Waals surface area contributed by atoms with E-state index in [2.05, 4.69) is 20.4 Å². The van der Waals surface area contributed by atoms with Gasteiger partial charge in [0.1, 0.15) is 35.0 Å². The van der Waals surface area contributed by atoms with E-state index in [1.165, 1.54) is 17.1 Å². The Hall–Kier alpha value is -3.41. The third-order valence-electron chi connectivity index (χ3n) is 6.01. The van der Waals surface area contributed by atoms with Crippen LogP contribution in [-0.4, -0.2) is 96.4 Å². The number of thiazole rings is 1. The molecule has 1 saturated heterocycles. The highest BCUT2D eigenvalue weighted by molar-refractivity contribution is 8.00. The van der Waals surface area contributed by atoms with Crippen molar-refractivity contribution in [1.29, 1.82) is 5.41 Å². The minimum absolute atomic E-state index is 0.0146. The molecule has 1 aromatic heterocycles. The number of amidine groups is 2. The summed E-state index contributed by atoms with van der Waals surface area (Å²) >= 11 is 7.48. The number of carbonyl (C=O) groups is 3. The lowest BCUT2D eigenvalue weighted by molar-refractivity contribution is -0.153. The van der Waals surface area contributed by atoms with E-state index in [9.17, 15) is 19.5 Å². The molecular formula is C21H25N9O5S3. The highest BCUT2D eigenvalue weighted by atomic mass is 32.2. The molecule has 7 N–H and O–H groups in total. The molecular weight excluding hydrogens is 554 g/mol. The molecule has 202 valence electrons. The van der Waals surface area contributed by atoms with Gasteiger partial charge < -0.3 is 31.6 Å². The smallest absolute Gasteiger partial charge is 0.353 e. The number of carboxylic acids is 1. The van der Waals surface area contributed by atoms with Crippen LogP contribution in [0, 0.1) is 5.41 Å². The summed E-state index contributed by atoms with van der Waals surface area (Å²) in [4.78, 5) is 55.5. The normalized spacial score (nSPS) is 25.4. The highest BCUT2D eigenvalue weighted by Gasteiger charge is 2.65. The summed E-state index contributed by atoms with van der Waals surface area (Å²) in [5, 5.41) is 26.6. The van der Waals surface area contributed by atoms with E-state index in [-0.39, 0.29) is 58.3 Å². The van der Waals surface area contributed by atoms with Gasteiger partial charge in [0.25, 0.3) is 11.8 Å². The zero-order chi connectivity index (χ0) is 27.8. The minimum atomic E-state index is -1.69. The van der Waals surface area contributed by atoms with E-state index in [1.54, 1.807) is 11.8 Å². The number of hydrogen-bond donors (Lipinski definition) is 5. The van der Waals surface area contributed by atoms with Gasteiger partial charge in [0, 0.05) is 35.0 Å². The average Bonchev–Trinajstić information content (AvgIpc) is 3.31. The number of aliphatic carboxylic acids is 1. The number of nitrogens with zero attached hydrogens (tertiary/aromatic N) is 5. The number of rotatable bonds is 9. The summed E-state index contributed by atoms with van der Waals surface area (Å²) in [7, 11) is 0. The summed E-state index contributed by atoms with van der Waals surface area (Å²) in [6.07, 6.45) is -0.346. The second-order valence-electron chi connectivity index (χ2n) is 8.28. The van der Waals surface area contributed by atoms with Gasteiger partial charge in [-0.15, -0.1) is 23.1 Å². The molecule has 2 unspecified atom stereocenters. The Labute approximate surface area is 230 Å². The largest absolute Gasteiger partial charge is 0.477 e. The van der Waals surface area contributed by atoms with Gasteiger partial charge in [-0.2, -0.15) is 0 Å². The predicted octanol–water partition coefficient (Wildman–Crippen LogP) is -0.0394. The Balaban J connectivity index is 1.70. The molecule has 4 rings (SSSR count). The van der Waals surface area contributed by atoms with Crippen LogP contribution in [0.5, 0.6) is 0 Å². The van der Waals surface area contributed by atoms with Crippen LogP contribution in [0.15, 0.2) is 26.8 Å². The maximum atomic E-state index is 13.6.